The van der Waals surface area contributed by atoms with Crippen molar-refractivity contribution in [2.75, 3.05) is 52.6 Å². The Hall–Kier alpha value is -0.770. The molecule has 3 aliphatic rings. The maximum atomic E-state index is 12.4. The second-order valence-corrected chi connectivity index (χ2v) is 9.85. The number of carbonyl (C=O) groups excluding carboxylic acids is 1. The van der Waals surface area contributed by atoms with Gasteiger partial charge in [0, 0.05) is 45.4 Å². The van der Waals surface area contributed by atoms with Crippen molar-refractivity contribution in [2.24, 2.45) is 5.92 Å². The molecule has 0 aromatic rings. The van der Waals surface area contributed by atoms with Gasteiger partial charge in [0.25, 0.3) is 0 Å². The summed E-state index contributed by atoms with van der Waals surface area (Å²) in [4.78, 5) is 37.5. The normalized spacial score (nSPS) is 25.6. The molecule has 8 heteroatoms. The van der Waals surface area contributed by atoms with Crippen LogP contribution in [0.5, 0.6) is 0 Å². The summed E-state index contributed by atoms with van der Waals surface area (Å²) in [7, 11) is 0. The third-order valence-corrected chi connectivity index (χ3v) is 7.07. The minimum absolute atomic E-state index is 0.136. The van der Waals surface area contributed by atoms with Crippen molar-refractivity contribution in [1.82, 2.24) is 10.2 Å². The molecular weight excluding hydrogens is 424 g/mol. The summed E-state index contributed by atoms with van der Waals surface area (Å²) in [5.41, 5.74) is 0. The van der Waals surface area contributed by atoms with Crippen LogP contribution in [0.4, 0.5) is 0 Å². The van der Waals surface area contributed by atoms with Gasteiger partial charge in [-0.05, 0) is 31.6 Å². The fourth-order valence-corrected chi connectivity index (χ4v) is 4.87. The van der Waals surface area contributed by atoms with Crippen LogP contribution in [0.3, 0.4) is 0 Å². The Labute approximate surface area is 199 Å². The maximum Gasteiger partial charge on any atom is 0.234 e. The van der Waals surface area contributed by atoms with Crippen LogP contribution in [-0.4, -0.2) is 69.2 Å². The molecule has 1 aliphatic carbocycles. The van der Waals surface area contributed by atoms with E-state index in [1.165, 1.54) is 44.9 Å². The Morgan fingerprint density at radius 1 is 0.788 bits per heavy atom. The first-order chi connectivity index (χ1) is 16.3. The van der Waals surface area contributed by atoms with E-state index >= 15 is 0 Å². The first-order valence-electron chi connectivity index (χ1n) is 13.4. The van der Waals surface area contributed by atoms with E-state index in [2.05, 4.69) is 10.2 Å². The lowest BCUT2D eigenvalue weighted by atomic mass is 9.83. The molecule has 192 valence electrons. The second-order valence-electron chi connectivity index (χ2n) is 9.85. The van der Waals surface area contributed by atoms with Crippen LogP contribution in [-0.2, 0) is 29.1 Å². The van der Waals surface area contributed by atoms with Crippen molar-refractivity contribution < 1.29 is 29.1 Å². The zero-order chi connectivity index (χ0) is 23.0. The van der Waals surface area contributed by atoms with Gasteiger partial charge in [-0.1, -0.05) is 44.9 Å². The molecule has 3 fully saturated rings. The highest BCUT2D eigenvalue weighted by atomic mass is 17.3. The van der Waals surface area contributed by atoms with Crippen LogP contribution in [0.25, 0.3) is 0 Å². The van der Waals surface area contributed by atoms with Crippen molar-refractivity contribution >= 4 is 5.91 Å². The van der Waals surface area contributed by atoms with E-state index in [1.54, 1.807) is 0 Å². The lowest BCUT2D eigenvalue weighted by molar-refractivity contribution is -0.518. The molecule has 1 saturated carbocycles. The van der Waals surface area contributed by atoms with Gasteiger partial charge >= 0.3 is 0 Å². The van der Waals surface area contributed by atoms with Gasteiger partial charge in [0.15, 0.2) is 0 Å². The molecule has 1 N–H and O–H groups in total. The fourth-order valence-electron chi connectivity index (χ4n) is 4.87. The molecule has 2 heterocycles. The summed E-state index contributed by atoms with van der Waals surface area (Å²) < 4.78 is 5.37. The molecule has 0 aromatic heterocycles. The van der Waals surface area contributed by atoms with E-state index < -0.39 is 5.79 Å². The van der Waals surface area contributed by atoms with Crippen LogP contribution in [0, 0.1) is 5.92 Å². The van der Waals surface area contributed by atoms with Crippen molar-refractivity contribution in [3.63, 3.8) is 0 Å². The topological polar surface area (TPSA) is 78.5 Å². The monoisotopic (exact) mass is 470 g/mol. The molecule has 0 atom stereocenters. The Balaban J connectivity index is 1.35. The quantitative estimate of drug-likeness (QED) is 0.605. The van der Waals surface area contributed by atoms with E-state index in [4.69, 9.17) is 24.3 Å². The molecule has 0 bridgehead atoms. The van der Waals surface area contributed by atoms with Crippen LogP contribution in [0.15, 0.2) is 0 Å². The number of hydrogen-bond donors (Lipinski definition) is 1. The van der Waals surface area contributed by atoms with E-state index in [1.807, 2.05) is 0 Å². The molecule has 2 saturated heterocycles. The lowest BCUT2D eigenvalue weighted by Gasteiger charge is -2.36. The van der Waals surface area contributed by atoms with E-state index in [-0.39, 0.29) is 5.91 Å². The summed E-state index contributed by atoms with van der Waals surface area (Å²) >= 11 is 0. The molecule has 2 aliphatic heterocycles. The third kappa shape index (κ3) is 11.0. The van der Waals surface area contributed by atoms with Gasteiger partial charge in [-0.25, -0.2) is 9.78 Å². The summed E-state index contributed by atoms with van der Waals surface area (Å²) in [6.45, 7) is 6.23. The minimum atomic E-state index is -0.847. The van der Waals surface area contributed by atoms with Gasteiger partial charge in [-0.2, -0.15) is 9.78 Å². The zero-order valence-electron chi connectivity index (χ0n) is 20.5. The molecule has 33 heavy (non-hydrogen) atoms. The molecule has 0 unspecified atom stereocenters. The van der Waals surface area contributed by atoms with Gasteiger partial charge in [-0.15, -0.1) is 0 Å². The Bertz CT molecular complexity index is 503. The van der Waals surface area contributed by atoms with E-state index in [0.29, 0.717) is 44.9 Å². The largest absolute Gasteiger partial charge is 0.379 e. The first-order valence-corrected chi connectivity index (χ1v) is 13.4. The third-order valence-electron chi connectivity index (χ3n) is 7.07. The first kappa shape index (κ1) is 26.8. The highest BCUT2D eigenvalue weighted by Gasteiger charge is 2.40. The second kappa shape index (κ2) is 16.0. The van der Waals surface area contributed by atoms with Crippen LogP contribution in [0.1, 0.15) is 89.9 Å². The number of rotatable bonds is 5. The van der Waals surface area contributed by atoms with Gasteiger partial charge in [0.1, 0.15) is 0 Å². The highest BCUT2D eigenvalue weighted by molar-refractivity contribution is 5.76. The number of carbonyl (C=O) groups is 1. The number of hydrogen-bond acceptors (Lipinski definition) is 7. The number of morpholine rings is 1. The highest BCUT2D eigenvalue weighted by Crippen LogP contribution is 2.38. The smallest absolute Gasteiger partial charge is 0.234 e. The van der Waals surface area contributed by atoms with E-state index in [0.717, 1.165) is 58.5 Å². The SMILES string of the molecule is O=C(CC1CCC2(CC1)OOCCCCCCCCCCCOO2)NCCN1CCOCC1. The molecule has 3 rings (SSSR count). The molecule has 1 amide bonds. The number of nitrogens with zero attached hydrogens (tertiary/aromatic N) is 1. The summed E-state index contributed by atoms with van der Waals surface area (Å²) in [6.07, 6.45) is 14.5. The zero-order valence-corrected chi connectivity index (χ0v) is 20.5. The van der Waals surface area contributed by atoms with Crippen molar-refractivity contribution in [3.05, 3.63) is 0 Å². The number of nitrogens with one attached hydrogen (secondary N) is 1. The van der Waals surface area contributed by atoms with Crippen LogP contribution < -0.4 is 5.32 Å². The average Bonchev–Trinajstić information content (AvgIpc) is 2.83. The summed E-state index contributed by atoms with van der Waals surface area (Å²) in [5, 5.41) is 3.08. The van der Waals surface area contributed by atoms with Crippen molar-refractivity contribution in [2.45, 2.75) is 95.7 Å². The molecule has 8 nitrogen and oxygen atoms in total. The number of ether oxygens (including phenoxy) is 1. The van der Waals surface area contributed by atoms with Crippen molar-refractivity contribution in [1.29, 1.82) is 0 Å². The van der Waals surface area contributed by atoms with Gasteiger partial charge < -0.3 is 10.1 Å². The van der Waals surface area contributed by atoms with Gasteiger partial charge in [-0.3, -0.25) is 9.69 Å². The fraction of sp³-hybridized carbons (Fsp3) is 0.960. The molecule has 0 aromatic carbocycles. The van der Waals surface area contributed by atoms with E-state index in [9.17, 15) is 4.79 Å². The Morgan fingerprint density at radius 2 is 1.33 bits per heavy atom. The van der Waals surface area contributed by atoms with Gasteiger partial charge in [0.2, 0.25) is 11.7 Å². The Morgan fingerprint density at radius 3 is 1.91 bits per heavy atom. The molecular formula is C25H46N2O6. The standard InChI is InChI=1S/C25H46N2O6/c28-24(26-14-15-27-16-20-29-21-17-27)22-23-10-12-25(13-11-23)32-30-18-8-6-4-2-1-3-5-7-9-19-31-33-25/h23H,1-22H2,(H,26,28). The molecule has 1 spiro atoms. The van der Waals surface area contributed by atoms with Crippen molar-refractivity contribution in [3.8, 4) is 0 Å². The lowest BCUT2D eigenvalue weighted by Crippen LogP contribution is -2.42. The predicted octanol–water partition coefficient (Wildman–Crippen LogP) is 4.13. The van der Waals surface area contributed by atoms with Crippen LogP contribution >= 0.6 is 0 Å². The van der Waals surface area contributed by atoms with Crippen LogP contribution in [0.2, 0.25) is 0 Å². The Kier molecular flexibility index (Phi) is 13.0. The number of amides is 1. The average molecular weight is 471 g/mol. The summed E-state index contributed by atoms with van der Waals surface area (Å²) in [6, 6.07) is 0. The summed E-state index contributed by atoms with van der Waals surface area (Å²) in [5.74, 6) is -0.372. The van der Waals surface area contributed by atoms with Gasteiger partial charge in [0.05, 0.1) is 26.4 Å². The minimum Gasteiger partial charge on any atom is -0.379 e. The maximum absolute atomic E-state index is 12.4. The molecule has 0 radical (unpaired) electrons. The predicted molar refractivity (Wildman–Crippen MR) is 125 cm³/mol.